The average Bonchev–Trinajstić information content (AvgIpc) is 3.18. The van der Waals surface area contributed by atoms with Crippen molar-refractivity contribution in [1.29, 1.82) is 0 Å². The Morgan fingerprint density at radius 2 is 1.96 bits per heavy atom. The number of ketones is 1. The van der Waals surface area contributed by atoms with Crippen LogP contribution in [0.4, 0.5) is 0 Å². The van der Waals surface area contributed by atoms with Gasteiger partial charge in [0.05, 0.1) is 11.6 Å². The standard InChI is InChI=1S/C18H16BrNO3S/c1-2-9-20-15(13-4-3-10-24-13)14(17(22)18(20)23)16(21)11-5-7-12(19)8-6-11/h3-8,10,15,21H,2,9H2,1H3/b16-14-. The number of likely N-dealkylation sites (tertiary alicyclic amines) is 1. The Balaban J connectivity index is 2.15. The summed E-state index contributed by atoms with van der Waals surface area (Å²) < 4.78 is 0.875. The molecule has 3 rings (SSSR count). The van der Waals surface area contributed by atoms with Crippen LogP contribution in [-0.2, 0) is 9.59 Å². The number of hydrogen-bond donors (Lipinski definition) is 1. The van der Waals surface area contributed by atoms with Gasteiger partial charge in [-0.2, -0.15) is 0 Å². The quantitative estimate of drug-likeness (QED) is 0.467. The second-order valence-electron chi connectivity index (χ2n) is 5.51. The number of carbonyl (C=O) groups excluding carboxylic acids is 2. The van der Waals surface area contributed by atoms with Crippen molar-refractivity contribution in [3.63, 3.8) is 0 Å². The number of halogens is 1. The zero-order valence-corrected chi connectivity index (χ0v) is 15.4. The van der Waals surface area contributed by atoms with E-state index in [-0.39, 0.29) is 11.3 Å². The normalized spacial score (nSPS) is 19.9. The average molecular weight is 406 g/mol. The fourth-order valence-electron chi connectivity index (χ4n) is 2.86. The highest BCUT2D eigenvalue weighted by Gasteiger charge is 2.46. The summed E-state index contributed by atoms with van der Waals surface area (Å²) in [7, 11) is 0. The lowest BCUT2D eigenvalue weighted by atomic mass is 10.00. The second-order valence-corrected chi connectivity index (χ2v) is 7.41. The second kappa shape index (κ2) is 6.91. The van der Waals surface area contributed by atoms with Crippen molar-refractivity contribution in [1.82, 2.24) is 4.90 Å². The molecule has 1 fully saturated rings. The van der Waals surface area contributed by atoms with Crippen LogP contribution in [0.2, 0.25) is 0 Å². The number of aliphatic hydroxyl groups is 1. The summed E-state index contributed by atoms with van der Waals surface area (Å²) in [6.45, 7) is 2.43. The van der Waals surface area contributed by atoms with Crippen molar-refractivity contribution >= 4 is 44.7 Å². The highest BCUT2D eigenvalue weighted by molar-refractivity contribution is 9.10. The van der Waals surface area contributed by atoms with Gasteiger partial charge in [-0.25, -0.2) is 0 Å². The Bertz CT molecular complexity index is 796. The van der Waals surface area contributed by atoms with E-state index in [2.05, 4.69) is 15.9 Å². The summed E-state index contributed by atoms with van der Waals surface area (Å²) in [6, 6.07) is 10.3. The summed E-state index contributed by atoms with van der Waals surface area (Å²) >= 11 is 4.82. The predicted octanol–water partition coefficient (Wildman–Crippen LogP) is 4.34. The Hall–Kier alpha value is -1.92. The van der Waals surface area contributed by atoms with Crippen molar-refractivity contribution in [2.24, 2.45) is 0 Å². The van der Waals surface area contributed by atoms with Crippen molar-refractivity contribution in [3.05, 3.63) is 62.3 Å². The molecular weight excluding hydrogens is 390 g/mol. The smallest absolute Gasteiger partial charge is 0.295 e. The van der Waals surface area contributed by atoms with Gasteiger partial charge in [0.25, 0.3) is 11.7 Å². The van der Waals surface area contributed by atoms with E-state index in [0.29, 0.717) is 12.1 Å². The van der Waals surface area contributed by atoms with E-state index in [4.69, 9.17) is 0 Å². The number of amides is 1. The zero-order valence-electron chi connectivity index (χ0n) is 13.0. The van der Waals surface area contributed by atoms with E-state index < -0.39 is 17.7 Å². The van der Waals surface area contributed by atoms with Gasteiger partial charge in [-0.15, -0.1) is 11.3 Å². The molecule has 24 heavy (non-hydrogen) atoms. The van der Waals surface area contributed by atoms with Crippen LogP contribution in [0.3, 0.4) is 0 Å². The first-order chi connectivity index (χ1) is 11.5. The fourth-order valence-corrected chi connectivity index (χ4v) is 3.97. The number of hydrogen-bond acceptors (Lipinski definition) is 4. The summed E-state index contributed by atoms with van der Waals surface area (Å²) in [4.78, 5) is 27.4. The lowest BCUT2D eigenvalue weighted by Crippen LogP contribution is -2.30. The van der Waals surface area contributed by atoms with Crippen LogP contribution in [0, 0.1) is 0 Å². The molecule has 1 aromatic heterocycles. The van der Waals surface area contributed by atoms with Crippen molar-refractivity contribution < 1.29 is 14.7 Å². The fraction of sp³-hybridized carbons (Fsp3) is 0.222. The Kier molecular flexibility index (Phi) is 4.87. The Morgan fingerprint density at radius 1 is 1.25 bits per heavy atom. The molecule has 0 saturated carbocycles. The van der Waals surface area contributed by atoms with Gasteiger partial charge in [0, 0.05) is 21.5 Å². The minimum Gasteiger partial charge on any atom is -0.507 e. The first-order valence-electron chi connectivity index (χ1n) is 7.62. The maximum Gasteiger partial charge on any atom is 0.295 e. The van der Waals surface area contributed by atoms with Crippen molar-refractivity contribution in [3.8, 4) is 0 Å². The first kappa shape index (κ1) is 16.9. The van der Waals surface area contributed by atoms with Gasteiger partial charge in [-0.1, -0.05) is 41.1 Å². The molecule has 1 aromatic carbocycles. The first-order valence-corrected chi connectivity index (χ1v) is 9.29. The zero-order chi connectivity index (χ0) is 17.3. The van der Waals surface area contributed by atoms with E-state index in [0.717, 1.165) is 15.8 Å². The number of aliphatic hydroxyl groups excluding tert-OH is 1. The minimum atomic E-state index is -0.623. The van der Waals surface area contributed by atoms with Gasteiger partial charge in [-0.05, 0) is 30.0 Å². The third-order valence-corrected chi connectivity index (χ3v) is 5.39. The van der Waals surface area contributed by atoms with E-state index in [9.17, 15) is 14.7 Å². The molecule has 2 heterocycles. The third kappa shape index (κ3) is 2.91. The summed E-state index contributed by atoms with van der Waals surface area (Å²) in [5, 5.41) is 12.6. The molecule has 0 aliphatic carbocycles. The molecule has 1 aliphatic heterocycles. The maximum absolute atomic E-state index is 12.6. The number of nitrogens with zero attached hydrogens (tertiary/aromatic N) is 1. The third-order valence-electron chi connectivity index (χ3n) is 3.93. The van der Waals surface area contributed by atoms with Gasteiger partial charge < -0.3 is 10.0 Å². The van der Waals surface area contributed by atoms with E-state index in [1.165, 1.54) is 11.3 Å². The number of rotatable bonds is 4. The topological polar surface area (TPSA) is 57.6 Å². The Labute approximate surface area is 152 Å². The van der Waals surface area contributed by atoms with Crippen LogP contribution < -0.4 is 0 Å². The van der Waals surface area contributed by atoms with Crippen molar-refractivity contribution in [2.45, 2.75) is 19.4 Å². The van der Waals surface area contributed by atoms with Crippen LogP contribution in [0.15, 0.2) is 51.8 Å². The molecule has 0 radical (unpaired) electrons. The lowest BCUT2D eigenvalue weighted by molar-refractivity contribution is -0.139. The minimum absolute atomic E-state index is 0.127. The predicted molar refractivity (Wildman–Crippen MR) is 97.8 cm³/mol. The summed E-state index contributed by atoms with van der Waals surface area (Å²) in [5.41, 5.74) is 0.687. The molecule has 124 valence electrons. The van der Waals surface area contributed by atoms with Gasteiger partial charge in [0.2, 0.25) is 0 Å². The molecule has 1 amide bonds. The van der Waals surface area contributed by atoms with E-state index in [1.807, 2.05) is 24.4 Å². The van der Waals surface area contributed by atoms with Crippen molar-refractivity contribution in [2.75, 3.05) is 6.54 Å². The molecule has 1 saturated heterocycles. The SMILES string of the molecule is CCCN1C(=O)C(=O)/C(=C(\O)c2ccc(Br)cc2)C1c1cccs1. The molecule has 0 spiro atoms. The lowest BCUT2D eigenvalue weighted by Gasteiger charge is -2.23. The molecule has 2 aromatic rings. The summed E-state index contributed by atoms with van der Waals surface area (Å²) in [6.07, 6.45) is 0.743. The van der Waals surface area contributed by atoms with Crippen LogP contribution >= 0.6 is 27.3 Å². The summed E-state index contributed by atoms with van der Waals surface area (Å²) in [5.74, 6) is -1.30. The van der Waals surface area contributed by atoms with Crippen LogP contribution in [-0.4, -0.2) is 28.2 Å². The number of thiophene rings is 1. The van der Waals surface area contributed by atoms with Gasteiger partial charge in [-0.3, -0.25) is 9.59 Å². The highest BCUT2D eigenvalue weighted by atomic mass is 79.9. The largest absolute Gasteiger partial charge is 0.507 e. The molecule has 6 heteroatoms. The molecule has 1 atom stereocenters. The number of carbonyl (C=O) groups is 2. The van der Waals surface area contributed by atoms with Gasteiger partial charge in [0.15, 0.2) is 0 Å². The molecule has 1 unspecified atom stereocenters. The number of Topliss-reactive ketones (excluding diaryl/α,β-unsaturated/α-hetero) is 1. The molecule has 1 N–H and O–H groups in total. The van der Waals surface area contributed by atoms with Crippen LogP contribution in [0.5, 0.6) is 0 Å². The van der Waals surface area contributed by atoms with Gasteiger partial charge in [0.1, 0.15) is 5.76 Å². The Morgan fingerprint density at radius 3 is 2.54 bits per heavy atom. The van der Waals surface area contributed by atoms with E-state index >= 15 is 0 Å². The maximum atomic E-state index is 12.6. The molecular formula is C18H16BrNO3S. The van der Waals surface area contributed by atoms with Crippen LogP contribution in [0.1, 0.15) is 29.8 Å². The molecule has 0 bridgehead atoms. The van der Waals surface area contributed by atoms with Crippen LogP contribution in [0.25, 0.3) is 5.76 Å². The van der Waals surface area contributed by atoms with Gasteiger partial charge >= 0.3 is 0 Å². The van der Waals surface area contributed by atoms with E-state index in [1.54, 1.807) is 29.2 Å². The number of benzene rings is 1. The molecule has 1 aliphatic rings. The molecule has 4 nitrogen and oxygen atoms in total. The highest BCUT2D eigenvalue weighted by Crippen LogP contribution is 2.41. The monoisotopic (exact) mass is 405 g/mol.